The highest BCUT2D eigenvalue weighted by molar-refractivity contribution is 7.92. The summed E-state index contributed by atoms with van der Waals surface area (Å²) in [5.74, 6) is -0.112. The number of amides is 2. The Bertz CT molecular complexity index is 1740. The molecule has 252 valence electrons. The number of aryl methyl sites for hydroxylation is 1. The van der Waals surface area contributed by atoms with Crippen LogP contribution in [0.25, 0.3) is 0 Å². The number of anilines is 1. The number of methoxy groups -OCH3 is 1. The Hall–Kier alpha value is -4.63. The first-order valence-corrected chi connectivity index (χ1v) is 18.2. The summed E-state index contributed by atoms with van der Waals surface area (Å²) >= 11 is 0. The molecule has 48 heavy (non-hydrogen) atoms. The number of benzene rings is 4. The number of nitrogens with one attached hydrogen (secondary N) is 1. The molecule has 1 saturated carbocycles. The summed E-state index contributed by atoms with van der Waals surface area (Å²) in [4.78, 5) is 30.6. The summed E-state index contributed by atoms with van der Waals surface area (Å²) < 4.78 is 35.0. The van der Waals surface area contributed by atoms with Gasteiger partial charge in [-0.2, -0.15) is 0 Å². The molecule has 0 spiro atoms. The molecule has 9 heteroatoms. The van der Waals surface area contributed by atoms with Gasteiger partial charge in [0.25, 0.3) is 10.0 Å². The molecule has 0 bridgehead atoms. The van der Waals surface area contributed by atoms with Gasteiger partial charge in [0.1, 0.15) is 18.3 Å². The molecule has 0 saturated heterocycles. The zero-order valence-corrected chi connectivity index (χ0v) is 28.6. The van der Waals surface area contributed by atoms with Crippen molar-refractivity contribution < 1.29 is 22.7 Å². The molecular weight excluding hydrogens is 623 g/mol. The van der Waals surface area contributed by atoms with Gasteiger partial charge in [0.05, 0.1) is 17.7 Å². The lowest BCUT2D eigenvalue weighted by atomic mass is 9.94. The Morgan fingerprint density at radius 3 is 2.10 bits per heavy atom. The lowest BCUT2D eigenvalue weighted by molar-refractivity contribution is -0.140. The van der Waals surface area contributed by atoms with E-state index in [-0.39, 0.29) is 29.8 Å². The van der Waals surface area contributed by atoms with E-state index in [9.17, 15) is 18.0 Å². The van der Waals surface area contributed by atoms with Crippen molar-refractivity contribution >= 4 is 27.5 Å². The summed E-state index contributed by atoms with van der Waals surface area (Å²) in [5, 5.41) is 3.25. The summed E-state index contributed by atoms with van der Waals surface area (Å²) in [6.07, 6.45) is 6.08. The number of sulfonamides is 1. The van der Waals surface area contributed by atoms with E-state index in [1.165, 1.54) is 17.0 Å². The minimum absolute atomic E-state index is 0.0327. The van der Waals surface area contributed by atoms with Crippen LogP contribution in [-0.2, 0) is 39.0 Å². The molecule has 0 radical (unpaired) electrons. The average molecular weight is 668 g/mol. The lowest BCUT2D eigenvalue weighted by Crippen LogP contribution is -2.55. The van der Waals surface area contributed by atoms with Crippen LogP contribution in [0.15, 0.2) is 114 Å². The number of hydrogen-bond donors (Lipinski definition) is 1. The third-order valence-corrected chi connectivity index (χ3v) is 10.7. The second kappa shape index (κ2) is 16.5. The van der Waals surface area contributed by atoms with Gasteiger partial charge in [-0.15, -0.1) is 0 Å². The van der Waals surface area contributed by atoms with Crippen molar-refractivity contribution in [2.45, 2.75) is 75.4 Å². The van der Waals surface area contributed by atoms with Crippen molar-refractivity contribution in [2.75, 3.05) is 18.0 Å². The quantitative estimate of drug-likeness (QED) is 0.165. The van der Waals surface area contributed by atoms with E-state index in [0.717, 1.165) is 59.5 Å². The van der Waals surface area contributed by atoms with Gasteiger partial charge >= 0.3 is 0 Å². The molecule has 5 rings (SSSR count). The Balaban J connectivity index is 1.56. The molecule has 1 atom stereocenters. The van der Waals surface area contributed by atoms with E-state index in [1.54, 1.807) is 37.4 Å². The first kappa shape index (κ1) is 34.7. The van der Waals surface area contributed by atoms with E-state index < -0.39 is 28.5 Å². The van der Waals surface area contributed by atoms with Crippen LogP contribution in [0.2, 0.25) is 0 Å². The van der Waals surface area contributed by atoms with Gasteiger partial charge in [0, 0.05) is 19.0 Å². The van der Waals surface area contributed by atoms with Crippen molar-refractivity contribution in [1.82, 2.24) is 10.2 Å². The second-order valence-corrected chi connectivity index (χ2v) is 14.1. The van der Waals surface area contributed by atoms with Gasteiger partial charge in [0.15, 0.2) is 0 Å². The molecule has 0 unspecified atom stereocenters. The summed E-state index contributed by atoms with van der Waals surface area (Å²) in [7, 11) is -2.57. The molecule has 4 aromatic rings. The highest BCUT2D eigenvalue weighted by Crippen LogP contribution is 2.26. The van der Waals surface area contributed by atoms with Crippen LogP contribution in [0.1, 0.15) is 55.7 Å². The first-order chi connectivity index (χ1) is 23.3. The maximum absolute atomic E-state index is 14.7. The molecule has 1 N–H and O–H groups in total. The van der Waals surface area contributed by atoms with E-state index in [1.807, 2.05) is 73.7 Å². The van der Waals surface area contributed by atoms with Crippen LogP contribution in [0.4, 0.5) is 5.69 Å². The molecule has 0 heterocycles. The first-order valence-electron chi connectivity index (χ1n) is 16.7. The predicted molar refractivity (Wildman–Crippen MR) is 189 cm³/mol. The minimum Gasteiger partial charge on any atom is -0.497 e. The highest BCUT2D eigenvalue weighted by Gasteiger charge is 2.35. The fraction of sp³-hybridized carbons (Fsp3) is 0.333. The number of nitrogens with zero attached hydrogens (tertiary/aromatic N) is 2. The topological polar surface area (TPSA) is 96.0 Å². The smallest absolute Gasteiger partial charge is 0.264 e. The van der Waals surface area contributed by atoms with Gasteiger partial charge in [-0.1, -0.05) is 99.0 Å². The van der Waals surface area contributed by atoms with Crippen LogP contribution in [0.5, 0.6) is 5.75 Å². The summed E-state index contributed by atoms with van der Waals surface area (Å²) in [6, 6.07) is 31.5. The van der Waals surface area contributed by atoms with Gasteiger partial charge < -0.3 is 15.0 Å². The number of carbonyl (C=O) groups is 2. The third kappa shape index (κ3) is 8.83. The standard InChI is InChI=1S/C39H45N3O5S/c1-3-30-22-24-34(25-23-30)42(48(45,46)36-20-11-6-12-21-36)29-38(43)41(28-32-16-13-19-35(26-32)47-2)37(27-31-14-7-4-8-15-31)39(44)40-33-17-9-5-10-18-33/h4,6-8,11-16,19-26,33,37H,3,5,9-10,17-18,27-29H2,1-2H3,(H,40,44)/t37-/m1/s1. The van der Waals surface area contributed by atoms with Gasteiger partial charge in [-0.05, 0) is 72.4 Å². The van der Waals surface area contributed by atoms with E-state index in [0.29, 0.717) is 11.4 Å². The molecule has 4 aromatic carbocycles. The number of rotatable bonds is 14. The van der Waals surface area contributed by atoms with Crippen LogP contribution in [-0.4, -0.2) is 50.9 Å². The number of ether oxygens (including phenoxy) is 1. The Labute approximate surface area is 284 Å². The normalized spacial score (nSPS) is 14.1. The number of hydrogen-bond acceptors (Lipinski definition) is 5. The molecule has 1 fully saturated rings. The molecule has 2 amide bonds. The van der Waals surface area contributed by atoms with Gasteiger partial charge in [0.2, 0.25) is 11.8 Å². The van der Waals surface area contributed by atoms with Gasteiger partial charge in [-0.25, -0.2) is 8.42 Å². The third-order valence-electron chi connectivity index (χ3n) is 8.95. The van der Waals surface area contributed by atoms with E-state index in [2.05, 4.69) is 5.32 Å². The molecule has 1 aliphatic carbocycles. The van der Waals surface area contributed by atoms with Crippen LogP contribution < -0.4 is 14.4 Å². The van der Waals surface area contributed by atoms with Crippen LogP contribution >= 0.6 is 0 Å². The molecule has 0 aliphatic heterocycles. The second-order valence-electron chi connectivity index (χ2n) is 12.3. The monoisotopic (exact) mass is 667 g/mol. The zero-order valence-electron chi connectivity index (χ0n) is 27.8. The van der Waals surface area contributed by atoms with Crippen molar-refractivity contribution in [2.24, 2.45) is 0 Å². The largest absolute Gasteiger partial charge is 0.497 e. The number of carbonyl (C=O) groups excluding carboxylic acids is 2. The Morgan fingerprint density at radius 2 is 1.46 bits per heavy atom. The molecular formula is C39H45N3O5S. The lowest BCUT2D eigenvalue weighted by Gasteiger charge is -2.35. The summed E-state index contributed by atoms with van der Waals surface area (Å²) in [5.41, 5.74) is 3.07. The minimum atomic E-state index is -4.15. The zero-order chi connectivity index (χ0) is 33.9. The Kier molecular flexibility index (Phi) is 11.9. The summed E-state index contributed by atoms with van der Waals surface area (Å²) in [6.45, 7) is 1.62. The SMILES string of the molecule is CCc1ccc(N(CC(=O)N(Cc2cccc(OC)c2)[C@H](Cc2ccccc2)C(=O)NC2CCCCC2)S(=O)(=O)c2ccccc2)cc1. The fourth-order valence-electron chi connectivity index (χ4n) is 6.21. The predicted octanol–water partition coefficient (Wildman–Crippen LogP) is 6.54. The highest BCUT2D eigenvalue weighted by atomic mass is 32.2. The van der Waals surface area contributed by atoms with Crippen molar-refractivity contribution in [3.8, 4) is 5.75 Å². The molecule has 0 aromatic heterocycles. The van der Waals surface area contributed by atoms with Crippen molar-refractivity contribution in [3.05, 3.63) is 126 Å². The molecule has 8 nitrogen and oxygen atoms in total. The Morgan fingerprint density at radius 1 is 0.812 bits per heavy atom. The fourth-order valence-corrected chi connectivity index (χ4v) is 7.65. The average Bonchev–Trinajstić information content (AvgIpc) is 3.13. The van der Waals surface area contributed by atoms with Crippen molar-refractivity contribution in [3.63, 3.8) is 0 Å². The van der Waals surface area contributed by atoms with Crippen LogP contribution in [0.3, 0.4) is 0 Å². The van der Waals surface area contributed by atoms with Crippen LogP contribution in [0, 0.1) is 0 Å². The molecule has 1 aliphatic rings. The van der Waals surface area contributed by atoms with Crippen molar-refractivity contribution in [1.29, 1.82) is 0 Å². The van der Waals surface area contributed by atoms with E-state index in [4.69, 9.17) is 4.74 Å². The van der Waals surface area contributed by atoms with Gasteiger partial charge in [-0.3, -0.25) is 13.9 Å². The maximum atomic E-state index is 14.7. The van der Waals surface area contributed by atoms with E-state index >= 15 is 0 Å². The maximum Gasteiger partial charge on any atom is 0.264 e.